The maximum atomic E-state index is 11.6. The van der Waals surface area contributed by atoms with Gasteiger partial charge < -0.3 is 4.74 Å². The molecule has 0 aromatic heterocycles. The Bertz CT molecular complexity index is 415. The van der Waals surface area contributed by atoms with E-state index in [0.29, 0.717) is 11.3 Å². The number of carbonyl (C=O) groups excluding carboxylic acids is 1. The molecule has 0 atom stereocenters. The van der Waals surface area contributed by atoms with Crippen LogP contribution in [0.1, 0.15) is 10.4 Å². The Kier molecular flexibility index (Phi) is 5.09. The number of methoxy groups -OCH3 is 1. The van der Waals surface area contributed by atoms with E-state index in [1.807, 2.05) is 0 Å². The van der Waals surface area contributed by atoms with Crippen LogP contribution in [0.25, 0.3) is 0 Å². The Morgan fingerprint density at radius 2 is 1.88 bits per heavy atom. The van der Waals surface area contributed by atoms with Crippen LogP contribution in [0.2, 0.25) is 0 Å². The van der Waals surface area contributed by atoms with Crippen LogP contribution in [-0.2, 0) is 0 Å². The maximum absolute atomic E-state index is 11.6. The van der Waals surface area contributed by atoms with Crippen LogP contribution >= 0.6 is 23.2 Å². The highest BCUT2D eigenvalue weighted by Gasteiger charge is 2.00. The van der Waals surface area contributed by atoms with E-state index in [1.54, 1.807) is 31.4 Å². The Balaban J connectivity index is 2.73. The van der Waals surface area contributed by atoms with Crippen LogP contribution in [0.15, 0.2) is 47.0 Å². The van der Waals surface area contributed by atoms with Crippen LogP contribution < -0.4 is 4.74 Å². The summed E-state index contributed by atoms with van der Waals surface area (Å²) in [7, 11) is 1.57. The summed E-state index contributed by atoms with van der Waals surface area (Å²) < 4.78 is 5.10. The fraction of sp³-hybridized carbons (Fsp3) is 0.0833. The lowest BCUT2D eigenvalue weighted by molar-refractivity contribution is 0.104. The molecule has 0 aliphatic heterocycles. The summed E-state index contributed by atoms with van der Waals surface area (Å²) >= 11 is 10.8. The Hall–Kier alpha value is -1.25. The smallest absolute Gasteiger partial charge is 0.185 e. The van der Waals surface area contributed by atoms with Crippen molar-refractivity contribution >= 4 is 29.0 Å². The molecule has 0 fully saturated rings. The van der Waals surface area contributed by atoms with Crippen molar-refractivity contribution in [3.8, 4) is 5.75 Å². The van der Waals surface area contributed by atoms with Crippen molar-refractivity contribution < 1.29 is 9.53 Å². The van der Waals surface area contributed by atoms with Crippen LogP contribution in [0.5, 0.6) is 5.75 Å². The van der Waals surface area contributed by atoms with Gasteiger partial charge >= 0.3 is 0 Å². The SMILES string of the molecule is COc1ccc(C(=O)C=CC=C(Cl)Cl)cc1. The van der Waals surface area contributed by atoms with E-state index in [1.165, 1.54) is 18.2 Å². The van der Waals surface area contributed by atoms with E-state index in [9.17, 15) is 4.79 Å². The fourth-order valence-electron chi connectivity index (χ4n) is 1.06. The lowest BCUT2D eigenvalue weighted by Crippen LogP contribution is -1.93. The van der Waals surface area contributed by atoms with E-state index >= 15 is 0 Å². The highest BCUT2D eigenvalue weighted by atomic mass is 35.5. The van der Waals surface area contributed by atoms with Gasteiger partial charge in [0.2, 0.25) is 0 Å². The second-order valence-electron chi connectivity index (χ2n) is 2.91. The minimum atomic E-state index is -0.117. The van der Waals surface area contributed by atoms with Gasteiger partial charge in [0.05, 0.1) is 7.11 Å². The van der Waals surface area contributed by atoms with Crippen molar-refractivity contribution in [3.05, 3.63) is 52.5 Å². The third-order valence-corrected chi connectivity index (χ3v) is 2.10. The number of halogens is 2. The molecule has 84 valence electrons. The van der Waals surface area contributed by atoms with Gasteiger partial charge in [-0.2, -0.15) is 0 Å². The number of benzene rings is 1. The number of hydrogen-bond acceptors (Lipinski definition) is 2. The van der Waals surface area contributed by atoms with E-state index in [-0.39, 0.29) is 10.3 Å². The second kappa shape index (κ2) is 6.36. The van der Waals surface area contributed by atoms with Crippen molar-refractivity contribution in [2.45, 2.75) is 0 Å². The standard InChI is InChI=1S/C12H10Cl2O2/c1-16-10-7-5-9(6-8-10)11(15)3-2-4-12(13)14/h2-8H,1H3. The number of carbonyl (C=O) groups is 1. The van der Waals surface area contributed by atoms with Gasteiger partial charge in [-0.1, -0.05) is 29.3 Å². The Morgan fingerprint density at radius 1 is 1.25 bits per heavy atom. The van der Waals surface area contributed by atoms with Gasteiger partial charge in [-0.25, -0.2) is 0 Å². The van der Waals surface area contributed by atoms with Gasteiger partial charge in [-0.05, 0) is 36.4 Å². The van der Waals surface area contributed by atoms with Gasteiger partial charge in [-0.3, -0.25) is 4.79 Å². The molecule has 4 heteroatoms. The van der Waals surface area contributed by atoms with Crippen molar-refractivity contribution in [3.63, 3.8) is 0 Å². The average molecular weight is 257 g/mol. The van der Waals surface area contributed by atoms with Gasteiger partial charge in [-0.15, -0.1) is 0 Å². The third-order valence-electron chi connectivity index (χ3n) is 1.84. The summed E-state index contributed by atoms with van der Waals surface area (Å²) in [4.78, 5) is 11.6. The summed E-state index contributed by atoms with van der Waals surface area (Å²) in [6, 6.07) is 6.84. The molecule has 0 saturated heterocycles. The number of ether oxygens (including phenoxy) is 1. The summed E-state index contributed by atoms with van der Waals surface area (Å²) in [6.45, 7) is 0. The number of allylic oxidation sites excluding steroid dienone is 3. The molecule has 0 radical (unpaired) electrons. The predicted octanol–water partition coefficient (Wildman–Crippen LogP) is 3.75. The molecule has 1 aromatic carbocycles. The highest BCUT2D eigenvalue weighted by molar-refractivity contribution is 6.56. The van der Waals surface area contributed by atoms with Gasteiger partial charge in [0, 0.05) is 5.56 Å². The summed E-state index contributed by atoms with van der Waals surface area (Å²) in [6.07, 6.45) is 4.33. The van der Waals surface area contributed by atoms with Crippen LogP contribution in [0, 0.1) is 0 Å². The van der Waals surface area contributed by atoms with Crippen molar-refractivity contribution in [1.82, 2.24) is 0 Å². The third kappa shape index (κ3) is 4.09. The summed E-state index contributed by atoms with van der Waals surface area (Å²) in [5.74, 6) is 0.595. The first kappa shape index (κ1) is 12.8. The topological polar surface area (TPSA) is 26.3 Å². The molecule has 1 rings (SSSR count). The second-order valence-corrected chi connectivity index (χ2v) is 3.92. The zero-order valence-electron chi connectivity index (χ0n) is 8.61. The zero-order valence-corrected chi connectivity index (χ0v) is 10.1. The Morgan fingerprint density at radius 3 is 2.38 bits per heavy atom. The molecule has 2 nitrogen and oxygen atoms in total. The van der Waals surface area contributed by atoms with Crippen molar-refractivity contribution in [2.75, 3.05) is 7.11 Å². The van der Waals surface area contributed by atoms with E-state index in [0.717, 1.165) is 0 Å². The Labute approximate surface area is 104 Å². The molecule has 1 aromatic rings. The normalized spacial score (nSPS) is 10.2. The van der Waals surface area contributed by atoms with E-state index < -0.39 is 0 Å². The zero-order chi connectivity index (χ0) is 12.0. The quantitative estimate of drug-likeness (QED) is 0.466. The van der Waals surface area contributed by atoms with Crippen LogP contribution in [0.3, 0.4) is 0 Å². The first-order chi connectivity index (χ1) is 7.63. The number of rotatable bonds is 4. The molecular formula is C12H10Cl2O2. The van der Waals surface area contributed by atoms with Gasteiger partial charge in [0.25, 0.3) is 0 Å². The van der Waals surface area contributed by atoms with E-state index in [2.05, 4.69) is 0 Å². The molecule has 16 heavy (non-hydrogen) atoms. The van der Waals surface area contributed by atoms with E-state index in [4.69, 9.17) is 27.9 Å². The average Bonchev–Trinajstić information content (AvgIpc) is 2.28. The molecule has 0 saturated carbocycles. The number of ketones is 1. The molecule has 0 heterocycles. The molecule has 0 bridgehead atoms. The van der Waals surface area contributed by atoms with Gasteiger partial charge in [0.15, 0.2) is 5.78 Å². The fourth-order valence-corrected chi connectivity index (χ4v) is 1.21. The minimum Gasteiger partial charge on any atom is -0.497 e. The largest absolute Gasteiger partial charge is 0.497 e. The molecular weight excluding hydrogens is 247 g/mol. The first-order valence-corrected chi connectivity index (χ1v) is 5.27. The molecule has 0 N–H and O–H groups in total. The maximum Gasteiger partial charge on any atom is 0.185 e. The predicted molar refractivity (Wildman–Crippen MR) is 66.3 cm³/mol. The summed E-state index contributed by atoms with van der Waals surface area (Å²) in [5.41, 5.74) is 0.580. The van der Waals surface area contributed by atoms with Crippen LogP contribution in [-0.4, -0.2) is 12.9 Å². The monoisotopic (exact) mass is 256 g/mol. The van der Waals surface area contributed by atoms with Crippen molar-refractivity contribution in [1.29, 1.82) is 0 Å². The lowest BCUT2D eigenvalue weighted by Gasteiger charge is -1.99. The van der Waals surface area contributed by atoms with Crippen molar-refractivity contribution in [2.24, 2.45) is 0 Å². The summed E-state index contributed by atoms with van der Waals surface area (Å²) in [5, 5.41) is 0. The minimum absolute atomic E-state index is 0.110. The number of hydrogen-bond donors (Lipinski definition) is 0. The van der Waals surface area contributed by atoms with Crippen LogP contribution in [0.4, 0.5) is 0 Å². The highest BCUT2D eigenvalue weighted by Crippen LogP contribution is 2.12. The lowest BCUT2D eigenvalue weighted by atomic mass is 10.1. The van der Waals surface area contributed by atoms with Gasteiger partial charge in [0.1, 0.15) is 10.2 Å². The molecule has 0 aliphatic rings. The molecule has 0 amide bonds. The molecule has 0 spiro atoms. The first-order valence-electron chi connectivity index (χ1n) is 4.51. The molecule has 0 aliphatic carbocycles. The molecule has 0 unspecified atom stereocenters.